The number of halogens is 2. The van der Waals surface area contributed by atoms with Gasteiger partial charge in [-0.25, -0.2) is 0 Å². The second kappa shape index (κ2) is 8.36. The first kappa shape index (κ1) is 22.2. The molecule has 1 amide bonds. The summed E-state index contributed by atoms with van der Waals surface area (Å²) in [4.78, 5) is 14.6. The number of amides is 1. The predicted octanol–water partition coefficient (Wildman–Crippen LogP) is 2.26. The van der Waals surface area contributed by atoms with Crippen LogP contribution in [-0.2, 0) is 18.3 Å². The van der Waals surface area contributed by atoms with Crippen LogP contribution in [-0.4, -0.2) is 40.2 Å². The molecule has 23 heavy (non-hydrogen) atoms. The summed E-state index contributed by atoms with van der Waals surface area (Å²) in [5, 5.41) is 4.43. The third kappa shape index (κ3) is 4.61. The van der Waals surface area contributed by atoms with Crippen molar-refractivity contribution >= 4 is 30.7 Å². The van der Waals surface area contributed by atoms with E-state index in [9.17, 15) is 4.79 Å². The maximum Gasteiger partial charge on any atom is 0.225 e. The highest BCUT2D eigenvalue weighted by Gasteiger charge is 2.36. The van der Waals surface area contributed by atoms with Gasteiger partial charge in [0.25, 0.3) is 0 Å². The normalized spacial score (nSPS) is 21.6. The fourth-order valence-corrected chi connectivity index (χ4v) is 3.20. The summed E-state index contributed by atoms with van der Waals surface area (Å²) in [5.74, 6) is 0.238. The highest BCUT2D eigenvalue weighted by molar-refractivity contribution is 5.85. The van der Waals surface area contributed by atoms with Crippen LogP contribution < -0.4 is 5.73 Å². The first-order valence-corrected chi connectivity index (χ1v) is 7.75. The van der Waals surface area contributed by atoms with E-state index in [2.05, 4.69) is 18.9 Å². The molecule has 1 fully saturated rings. The molecule has 2 N–H and O–H groups in total. The van der Waals surface area contributed by atoms with Gasteiger partial charge in [0.2, 0.25) is 5.91 Å². The quantitative estimate of drug-likeness (QED) is 0.890. The van der Waals surface area contributed by atoms with Crippen LogP contribution in [0.2, 0.25) is 0 Å². The van der Waals surface area contributed by atoms with Crippen molar-refractivity contribution < 1.29 is 4.79 Å². The summed E-state index contributed by atoms with van der Waals surface area (Å²) < 4.78 is 1.89. The topological polar surface area (TPSA) is 64.2 Å². The van der Waals surface area contributed by atoms with E-state index in [1.54, 1.807) is 0 Å². The second-order valence-corrected chi connectivity index (χ2v) is 6.90. The van der Waals surface area contributed by atoms with Crippen molar-refractivity contribution in [3.8, 4) is 0 Å². The Hall–Kier alpha value is -0.780. The van der Waals surface area contributed by atoms with Crippen molar-refractivity contribution in [2.45, 2.75) is 40.5 Å². The number of aryl methyl sites for hydroxylation is 2. The van der Waals surface area contributed by atoms with Crippen LogP contribution in [0.15, 0.2) is 0 Å². The molecule has 2 rings (SSSR count). The predicted molar refractivity (Wildman–Crippen MR) is 98.4 cm³/mol. The minimum Gasteiger partial charge on any atom is -0.342 e. The molecule has 0 saturated carbocycles. The van der Waals surface area contributed by atoms with Crippen LogP contribution in [0.25, 0.3) is 0 Å². The standard InChI is InChI=1S/C16H28N4O.2ClH/c1-11(8-14-12(2)18-19(5)13(14)3)15(21)20-7-6-16(4,9-17)10-20;;/h11H,6-10,17H2,1-5H3;2*1H. The summed E-state index contributed by atoms with van der Waals surface area (Å²) in [7, 11) is 1.95. The lowest BCUT2D eigenvalue weighted by atomic mass is 9.90. The van der Waals surface area contributed by atoms with Crippen molar-refractivity contribution in [1.29, 1.82) is 0 Å². The lowest BCUT2D eigenvalue weighted by Crippen LogP contribution is -2.37. The number of carbonyl (C=O) groups is 1. The molecule has 0 bridgehead atoms. The Morgan fingerprint density at radius 3 is 2.43 bits per heavy atom. The van der Waals surface area contributed by atoms with Gasteiger partial charge in [0.05, 0.1) is 5.69 Å². The Balaban J connectivity index is 0.00000242. The molecule has 1 aromatic heterocycles. The Labute approximate surface area is 151 Å². The number of rotatable bonds is 4. The van der Waals surface area contributed by atoms with E-state index in [1.807, 2.05) is 30.5 Å². The van der Waals surface area contributed by atoms with Crippen molar-refractivity contribution in [3.05, 3.63) is 17.0 Å². The van der Waals surface area contributed by atoms with Crippen molar-refractivity contribution in [1.82, 2.24) is 14.7 Å². The van der Waals surface area contributed by atoms with Crippen molar-refractivity contribution in [2.24, 2.45) is 24.1 Å². The Morgan fingerprint density at radius 1 is 1.39 bits per heavy atom. The molecular formula is C16H30Cl2N4O. The van der Waals surface area contributed by atoms with Gasteiger partial charge in [0.15, 0.2) is 0 Å². The molecule has 134 valence electrons. The number of nitrogens with zero attached hydrogens (tertiary/aromatic N) is 3. The Bertz CT molecular complexity index is 546. The van der Waals surface area contributed by atoms with Crippen molar-refractivity contribution in [3.63, 3.8) is 0 Å². The molecule has 5 nitrogen and oxygen atoms in total. The third-order valence-corrected chi connectivity index (χ3v) is 4.95. The molecule has 2 unspecified atom stereocenters. The summed E-state index contributed by atoms with van der Waals surface area (Å²) >= 11 is 0. The zero-order valence-electron chi connectivity index (χ0n) is 14.8. The van der Waals surface area contributed by atoms with Crippen LogP contribution >= 0.6 is 24.8 Å². The zero-order valence-corrected chi connectivity index (χ0v) is 16.4. The van der Waals surface area contributed by atoms with Crippen LogP contribution in [0.5, 0.6) is 0 Å². The smallest absolute Gasteiger partial charge is 0.225 e. The number of nitrogens with two attached hydrogens (primary N) is 1. The first-order valence-electron chi connectivity index (χ1n) is 7.75. The number of carbonyl (C=O) groups excluding carboxylic acids is 1. The maximum atomic E-state index is 12.6. The zero-order chi connectivity index (χ0) is 15.8. The van der Waals surface area contributed by atoms with Crippen LogP contribution in [0.1, 0.15) is 37.2 Å². The third-order valence-electron chi connectivity index (χ3n) is 4.95. The van der Waals surface area contributed by atoms with E-state index in [0.717, 1.165) is 37.3 Å². The maximum absolute atomic E-state index is 12.6. The van der Waals surface area contributed by atoms with E-state index in [1.165, 1.54) is 5.56 Å². The van der Waals surface area contributed by atoms with Gasteiger partial charge in [0.1, 0.15) is 0 Å². The van der Waals surface area contributed by atoms with Gasteiger partial charge < -0.3 is 10.6 Å². The van der Waals surface area contributed by atoms with Crippen LogP contribution in [0, 0.1) is 25.2 Å². The van der Waals surface area contributed by atoms with E-state index in [4.69, 9.17) is 5.73 Å². The average molecular weight is 365 g/mol. The van der Waals surface area contributed by atoms with E-state index in [0.29, 0.717) is 6.54 Å². The Kier molecular flexibility index (Phi) is 8.07. The SMILES string of the molecule is Cc1nn(C)c(C)c1CC(C)C(=O)N1CCC(C)(CN)C1.Cl.Cl. The molecule has 0 spiro atoms. The van der Waals surface area contributed by atoms with Gasteiger partial charge in [-0.2, -0.15) is 5.10 Å². The molecule has 7 heteroatoms. The van der Waals surface area contributed by atoms with Gasteiger partial charge in [0, 0.05) is 31.7 Å². The lowest BCUT2D eigenvalue weighted by Gasteiger charge is -2.24. The molecular weight excluding hydrogens is 335 g/mol. The minimum atomic E-state index is -0.00766. The Morgan fingerprint density at radius 2 is 2.00 bits per heavy atom. The summed E-state index contributed by atoms with van der Waals surface area (Å²) in [6.07, 6.45) is 1.77. The number of aromatic nitrogens is 2. The second-order valence-electron chi connectivity index (χ2n) is 6.90. The summed E-state index contributed by atoms with van der Waals surface area (Å²) in [5.41, 5.74) is 9.31. The molecule has 1 aliphatic rings. The van der Waals surface area contributed by atoms with E-state index >= 15 is 0 Å². The number of likely N-dealkylation sites (tertiary alicyclic amines) is 1. The monoisotopic (exact) mass is 364 g/mol. The summed E-state index contributed by atoms with van der Waals surface area (Å²) in [6, 6.07) is 0. The molecule has 2 atom stereocenters. The average Bonchev–Trinajstić information content (AvgIpc) is 2.95. The molecule has 2 heterocycles. The van der Waals surface area contributed by atoms with Gasteiger partial charge in [-0.1, -0.05) is 13.8 Å². The van der Waals surface area contributed by atoms with Gasteiger partial charge in [-0.15, -0.1) is 24.8 Å². The fourth-order valence-electron chi connectivity index (χ4n) is 3.20. The molecule has 1 aromatic rings. The molecule has 1 saturated heterocycles. The lowest BCUT2D eigenvalue weighted by molar-refractivity contribution is -0.134. The van der Waals surface area contributed by atoms with Crippen LogP contribution in [0.4, 0.5) is 0 Å². The summed E-state index contributed by atoms with van der Waals surface area (Å²) in [6.45, 7) is 10.5. The number of hydrogen-bond acceptors (Lipinski definition) is 3. The molecule has 0 aromatic carbocycles. The number of hydrogen-bond donors (Lipinski definition) is 1. The molecule has 0 aliphatic carbocycles. The van der Waals surface area contributed by atoms with E-state index < -0.39 is 0 Å². The van der Waals surface area contributed by atoms with Gasteiger partial charge in [-0.3, -0.25) is 9.48 Å². The van der Waals surface area contributed by atoms with Gasteiger partial charge >= 0.3 is 0 Å². The largest absolute Gasteiger partial charge is 0.342 e. The molecule has 1 aliphatic heterocycles. The van der Waals surface area contributed by atoms with Gasteiger partial charge in [-0.05, 0) is 44.2 Å². The van der Waals surface area contributed by atoms with E-state index in [-0.39, 0.29) is 42.1 Å². The van der Waals surface area contributed by atoms with Crippen molar-refractivity contribution in [2.75, 3.05) is 19.6 Å². The first-order chi connectivity index (χ1) is 9.77. The highest BCUT2D eigenvalue weighted by atomic mass is 35.5. The highest BCUT2D eigenvalue weighted by Crippen LogP contribution is 2.30. The minimum absolute atomic E-state index is 0. The molecule has 0 radical (unpaired) electrons. The van der Waals surface area contributed by atoms with Crippen LogP contribution in [0.3, 0.4) is 0 Å². The fraction of sp³-hybridized carbons (Fsp3) is 0.750.